The van der Waals surface area contributed by atoms with Crippen LogP contribution in [-0.4, -0.2) is 10.9 Å². The monoisotopic (exact) mass is 231 g/mol. The molecule has 86 valence electrons. The van der Waals surface area contributed by atoms with Crippen LogP contribution in [-0.2, 0) is 0 Å². The Morgan fingerprint density at radius 2 is 1.82 bits per heavy atom. The zero-order valence-electron chi connectivity index (χ0n) is 8.85. The molecule has 0 aliphatic heterocycles. The molecular formula is C13H10FNO2. The first-order chi connectivity index (χ1) is 8.09. The van der Waals surface area contributed by atoms with Gasteiger partial charge in [-0.2, -0.15) is 0 Å². The third-order valence-electron chi connectivity index (χ3n) is 2.38. The van der Waals surface area contributed by atoms with E-state index in [4.69, 9.17) is 5.73 Å². The Morgan fingerprint density at radius 3 is 2.47 bits per heavy atom. The van der Waals surface area contributed by atoms with Gasteiger partial charge in [0.1, 0.15) is 11.6 Å². The Labute approximate surface area is 97.3 Å². The summed E-state index contributed by atoms with van der Waals surface area (Å²) in [7, 11) is 0. The molecule has 0 unspecified atom stereocenters. The van der Waals surface area contributed by atoms with Crippen LogP contribution in [0, 0.1) is 5.82 Å². The third-order valence-corrected chi connectivity index (χ3v) is 2.38. The highest BCUT2D eigenvalue weighted by Crippen LogP contribution is 2.28. The normalized spacial score (nSPS) is 10.2. The number of carbonyl (C=O) groups is 1. The van der Waals surface area contributed by atoms with E-state index < -0.39 is 11.6 Å². The van der Waals surface area contributed by atoms with Crippen LogP contribution in [0.25, 0.3) is 0 Å². The molecule has 17 heavy (non-hydrogen) atoms. The summed E-state index contributed by atoms with van der Waals surface area (Å²) in [5.74, 6) is -1.51. The van der Waals surface area contributed by atoms with Crippen LogP contribution in [0.5, 0.6) is 5.75 Å². The molecule has 0 atom stereocenters. The van der Waals surface area contributed by atoms with Gasteiger partial charge in [0.05, 0.1) is 11.3 Å². The van der Waals surface area contributed by atoms with Gasteiger partial charge in [-0.25, -0.2) is 4.39 Å². The van der Waals surface area contributed by atoms with Crippen LogP contribution in [0.1, 0.15) is 15.9 Å². The molecule has 0 radical (unpaired) electrons. The number of phenols is 1. The molecule has 0 aliphatic rings. The molecule has 4 heteroatoms. The maximum absolute atomic E-state index is 13.1. The number of hydrogen-bond donors (Lipinski definition) is 2. The predicted molar refractivity (Wildman–Crippen MR) is 62.4 cm³/mol. The summed E-state index contributed by atoms with van der Waals surface area (Å²) in [5.41, 5.74) is 5.48. The first-order valence-corrected chi connectivity index (χ1v) is 4.97. The standard InChI is InChI=1S/C13H10FNO2/c14-9-6-10(13(17)11(15)7-9)12(16)8-4-2-1-3-5-8/h1-7,17H,15H2. The zero-order valence-corrected chi connectivity index (χ0v) is 8.85. The number of aromatic hydroxyl groups is 1. The lowest BCUT2D eigenvalue weighted by atomic mass is 10.0. The number of hydrogen-bond acceptors (Lipinski definition) is 3. The highest BCUT2D eigenvalue weighted by Gasteiger charge is 2.16. The van der Waals surface area contributed by atoms with Gasteiger partial charge in [-0.1, -0.05) is 30.3 Å². The molecule has 0 heterocycles. The molecule has 0 saturated heterocycles. The first-order valence-electron chi connectivity index (χ1n) is 4.97. The largest absolute Gasteiger partial charge is 0.505 e. The number of rotatable bonds is 2. The van der Waals surface area contributed by atoms with Crippen molar-refractivity contribution in [1.29, 1.82) is 0 Å². The van der Waals surface area contributed by atoms with E-state index in [2.05, 4.69) is 0 Å². The van der Waals surface area contributed by atoms with E-state index in [9.17, 15) is 14.3 Å². The maximum atomic E-state index is 13.1. The second-order valence-electron chi connectivity index (χ2n) is 3.59. The van der Waals surface area contributed by atoms with Crippen LogP contribution >= 0.6 is 0 Å². The van der Waals surface area contributed by atoms with E-state index in [-0.39, 0.29) is 17.0 Å². The summed E-state index contributed by atoms with van der Waals surface area (Å²) < 4.78 is 13.1. The number of phenolic OH excluding ortho intramolecular Hbond substituents is 1. The fraction of sp³-hybridized carbons (Fsp3) is 0. The smallest absolute Gasteiger partial charge is 0.196 e. The second kappa shape index (κ2) is 4.25. The minimum atomic E-state index is -0.653. The molecule has 0 spiro atoms. The number of halogens is 1. The van der Waals surface area contributed by atoms with E-state index in [1.807, 2.05) is 0 Å². The molecular weight excluding hydrogens is 221 g/mol. The lowest BCUT2D eigenvalue weighted by Crippen LogP contribution is -2.03. The zero-order chi connectivity index (χ0) is 12.4. The molecule has 2 rings (SSSR count). The highest BCUT2D eigenvalue weighted by molar-refractivity contribution is 6.11. The summed E-state index contributed by atoms with van der Waals surface area (Å²) in [4.78, 5) is 12.0. The summed E-state index contributed by atoms with van der Waals surface area (Å²) in [6.45, 7) is 0. The molecule has 3 nitrogen and oxygen atoms in total. The lowest BCUT2D eigenvalue weighted by Gasteiger charge is -2.06. The van der Waals surface area contributed by atoms with E-state index in [1.54, 1.807) is 30.3 Å². The van der Waals surface area contributed by atoms with E-state index in [1.165, 1.54) is 0 Å². The number of anilines is 1. The minimum Gasteiger partial charge on any atom is -0.505 e. The van der Waals surface area contributed by atoms with Gasteiger partial charge < -0.3 is 10.8 Å². The number of carbonyl (C=O) groups excluding carboxylic acids is 1. The van der Waals surface area contributed by atoms with Crippen molar-refractivity contribution in [2.75, 3.05) is 5.73 Å². The lowest BCUT2D eigenvalue weighted by molar-refractivity contribution is 0.103. The molecule has 0 saturated carbocycles. The van der Waals surface area contributed by atoms with Crippen molar-refractivity contribution in [3.63, 3.8) is 0 Å². The van der Waals surface area contributed by atoms with E-state index in [0.717, 1.165) is 12.1 Å². The average Bonchev–Trinajstić information content (AvgIpc) is 2.34. The Balaban J connectivity index is 2.52. The maximum Gasteiger partial charge on any atom is 0.196 e. The quantitative estimate of drug-likeness (QED) is 0.473. The van der Waals surface area contributed by atoms with Crippen LogP contribution in [0.2, 0.25) is 0 Å². The van der Waals surface area contributed by atoms with Crippen LogP contribution in [0.4, 0.5) is 10.1 Å². The van der Waals surface area contributed by atoms with E-state index in [0.29, 0.717) is 5.56 Å². The first kappa shape index (κ1) is 11.1. The van der Waals surface area contributed by atoms with Crippen LogP contribution in [0.3, 0.4) is 0 Å². The highest BCUT2D eigenvalue weighted by atomic mass is 19.1. The average molecular weight is 231 g/mol. The fourth-order valence-corrected chi connectivity index (χ4v) is 1.54. The molecule has 0 amide bonds. The van der Waals surface area contributed by atoms with Crippen molar-refractivity contribution < 1.29 is 14.3 Å². The molecule has 0 aliphatic carbocycles. The van der Waals surface area contributed by atoms with Crippen molar-refractivity contribution in [3.8, 4) is 5.75 Å². The summed E-state index contributed by atoms with van der Waals surface area (Å²) >= 11 is 0. The van der Waals surface area contributed by atoms with Crippen molar-refractivity contribution >= 4 is 11.5 Å². The molecule has 2 aromatic carbocycles. The third kappa shape index (κ3) is 2.10. The van der Waals surface area contributed by atoms with Crippen LogP contribution < -0.4 is 5.73 Å². The summed E-state index contributed by atoms with van der Waals surface area (Å²) in [5, 5.41) is 9.64. The Morgan fingerprint density at radius 1 is 1.18 bits per heavy atom. The molecule has 0 fully saturated rings. The number of benzene rings is 2. The van der Waals surface area contributed by atoms with Gasteiger partial charge in [-0.3, -0.25) is 4.79 Å². The van der Waals surface area contributed by atoms with Gasteiger partial charge in [0, 0.05) is 11.6 Å². The minimum absolute atomic E-state index is 0.131. The Bertz CT molecular complexity index is 567. The topological polar surface area (TPSA) is 63.3 Å². The van der Waals surface area contributed by atoms with Gasteiger partial charge in [0.2, 0.25) is 0 Å². The number of nitrogens with two attached hydrogens (primary N) is 1. The molecule has 0 aromatic heterocycles. The summed E-state index contributed by atoms with van der Waals surface area (Å²) in [6, 6.07) is 10.3. The number of nitrogen functional groups attached to an aromatic ring is 1. The Kier molecular flexibility index (Phi) is 2.78. The van der Waals surface area contributed by atoms with Crippen molar-refractivity contribution in [2.45, 2.75) is 0 Å². The SMILES string of the molecule is Nc1cc(F)cc(C(=O)c2ccccc2)c1O. The van der Waals surface area contributed by atoms with Gasteiger partial charge in [0.15, 0.2) is 5.78 Å². The van der Waals surface area contributed by atoms with Gasteiger partial charge in [-0.05, 0) is 6.07 Å². The van der Waals surface area contributed by atoms with Crippen molar-refractivity contribution in [3.05, 3.63) is 59.4 Å². The second-order valence-corrected chi connectivity index (χ2v) is 3.59. The Hall–Kier alpha value is -2.36. The van der Waals surface area contributed by atoms with Gasteiger partial charge in [-0.15, -0.1) is 0 Å². The number of ketones is 1. The molecule has 2 aromatic rings. The van der Waals surface area contributed by atoms with E-state index >= 15 is 0 Å². The van der Waals surface area contributed by atoms with Crippen molar-refractivity contribution in [1.82, 2.24) is 0 Å². The molecule has 0 bridgehead atoms. The molecule has 3 N–H and O–H groups in total. The summed E-state index contributed by atoms with van der Waals surface area (Å²) in [6.07, 6.45) is 0. The van der Waals surface area contributed by atoms with Gasteiger partial charge >= 0.3 is 0 Å². The van der Waals surface area contributed by atoms with Gasteiger partial charge in [0.25, 0.3) is 0 Å². The van der Waals surface area contributed by atoms with Crippen LogP contribution in [0.15, 0.2) is 42.5 Å². The fourth-order valence-electron chi connectivity index (χ4n) is 1.54. The predicted octanol–water partition coefficient (Wildman–Crippen LogP) is 2.34. The van der Waals surface area contributed by atoms with Crippen molar-refractivity contribution in [2.24, 2.45) is 0 Å².